The Bertz CT molecular complexity index is 454. The molecule has 0 atom stereocenters. The molecule has 0 saturated heterocycles. The lowest BCUT2D eigenvalue weighted by atomic mass is 10.4. The van der Waals surface area contributed by atoms with Crippen LogP contribution in [0.4, 0.5) is 0 Å². The number of carbonyl (C=O) groups excluding carboxylic acids is 1. The van der Waals surface area contributed by atoms with Crippen LogP contribution in [-0.4, -0.2) is 20.9 Å². The van der Waals surface area contributed by atoms with Crippen molar-refractivity contribution in [3.63, 3.8) is 0 Å². The maximum absolute atomic E-state index is 11.4. The second kappa shape index (κ2) is 4.73. The van der Waals surface area contributed by atoms with Crippen molar-refractivity contribution >= 4 is 31.9 Å². The molecule has 0 aliphatic rings. The van der Waals surface area contributed by atoms with Gasteiger partial charge in [0.15, 0.2) is 0 Å². The first kappa shape index (κ1) is 12.2. The average molecular weight is 293 g/mol. The van der Waals surface area contributed by atoms with Crippen LogP contribution in [0, 0.1) is 0 Å². The number of hydrogen-bond donors (Lipinski definition) is 1. The smallest absolute Gasteiger partial charge is 0.240 e. The minimum atomic E-state index is -3.76. The minimum absolute atomic E-state index is 0.00644. The van der Waals surface area contributed by atoms with Crippen LogP contribution in [0.15, 0.2) is 33.6 Å². The average Bonchev–Trinajstić information content (AvgIpc) is 2.16. The largest absolute Gasteiger partial charge is 0.549 e. The molecule has 0 amide bonds. The summed E-state index contributed by atoms with van der Waals surface area (Å²) in [5.41, 5.74) is 0. The summed E-state index contributed by atoms with van der Waals surface area (Å²) < 4.78 is 25.5. The van der Waals surface area contributed by atoms with Gasteiger partial charge in [-0.05, 0) is 24.3 Å². The number of nitrogens with one attached hydrogen (secondary N) is 1. The summed E-state index contributed by atoms with van der Waals surface area (Å²) in [6.45, 7) is -0.738. The Balaban J connectivity index is 2.87. The zero-order valence-corrected chi connectivity index (χ0v) is 9.84. The maximum atomic E-state index is 11.4. The zero-order valence-electron chi connectivity index (χ0n) is 7.44. The van der Waals surface area contributed by atoms with Crippen LogP contribution >= 0.6 is 15.9 Å². The van der Waals surface area contributed by atoms with Gasteiger partial charge in [0.05, 0.1) is 17.4 Å². The third-order valence-electron chi connectivity index (χ3n) is 1.53. The van der Waals surface area contributed by atoms with Gasteiger partial charge in [0.1, 0.15) is 0 Å². The van der Waals surface area contributed by atoms with Gasteiger partial charge in [-0.2, -0.15) is 0 Å². The number of rotatable bonds is 4. The fourth-order valence-corrected chi connectivity index (χ4v) is 2.08. The van der Waals surface area contributed by atoms with Gasteiger partial charge in [-0.25, -0.2) is 13.1 Å². The van der Waals surface area contributed by atoms with Crippen LogP contribution in [0.25, 0.3) is 0 Å². The first-order valence-corrected chi connectivity index (χ1v) is 6.14. The van der Waals surface area contributed by atoms with Crippen molar-refractivity contribution in [1.29, 1.82) is 0 Å². The van der Waals surface area contributed by atoms with E-state index in [9.17, 15) is 18.3 Å². The maximum Gasteiger partial charge on any atom is 0.240 e. The van der Waals surface area contributed by atoms with E-state index in [1.165, 1.54) is 12.1 Å². The first-order chi connectivity index (χ1) is 6.92. The van der Waals surface area contributed by atoms with Crippen molar-refractivity contribution in [1.82, 2.24) is 4.72 Å². The van der Waals surface area contributed by atoms with Gasteiger partial charge in [0.25, 0.3) is 0 Å². The van der Waals surface area contributed by atoms with Crippen molar-refractivity contribution < 1.29 is 18.3 Å². The van der Waals surface area contributed by atoms with Crippen LogP contribution in [0.3, 0.4) is 0 Å². The summed E-state index contributed by atoms with van der Waals surface area (Å²) in [5, 5.41) is 10.1. The zero-order chi connectivity index (χ0) is 11.5. The number of hydrogen-bond acceptors (Lipinski definition) is 4. The number of benzene rings is 1. The van der Waals surface area contributed by atoms with Gasteiger partial charge in [0, 0.05) is 4.47 Å². The lowest BCUT2D eigenvalue weighted by Crippen LogP contribution is -2.37. The number of carbonyl (C=O) groups is 1. The van der Waals surface area contributed by atoms with Crippen molar-refractivity contribution in [2.45, 2.75) is 4.90 Å². The lowest BCUT2D eigenvalue weighted by molar-refractivity contribution is -0.303. The van der Waals surface area contributed by atoms with Crippen LogP contribution in [-0.2, 0) is 14.8 Å². The van der Waals surface area contributed by atoms with Crippen molar-refractivity contribution in [3.8, 4) is 0 Å². The van der Waals surface area contributed by atoms with E-state index in [4.69, 9.17) is 0 Å². The molecule has 1 rings (SSSR count). The molecule has 82 valence electrons. The second-order valence-electron chi connectivity index (χ2n) is 2.65. The number of carboxylic acids is 1. The Morgan fingerprint density at radius 3 is 2.33 bits per heavy atom. The van der Waals surface area contributed by atoms with Crippen molar-refractivity contribution in [2.75, 3.05) is 6.54 Å². The molecule has 0 aliphatic carbocycles. The fraction of sp³-hybridized carbons (Fsp3) is 0.125. The standard InChI is InChI=1S/C8H8BrNO4S/c9-6-1-3-7(4-2-6)15(13,14)10-5-8(11)12/h1-4,10H,5H2,(H,11,12)/p-1. The molecule has 0 unspecified atom stereocenters. The van der Waals surface area contributed by atoms with E-state index in [1.807, 2.05) is 4.72 Å². The molecule has 0 bridgehead atoms. The summed E-state index contributed by atoms with van der Waals surface area (Å²) >= 11 is 3.16. The molecule has 0 heterocycles. The van der Waals surface area contributed by atoms with E-state index in [2.05, 4.69) is 15.9 Å². The second-order valence-corrected chi connectivity index (χ2v) is 5.33. The van der Waals surface area contributed by atoms with Crippen LogP contribution in [0.1, 0.15) is 0 Å². The number of halogens is 1. The number of aliphatic carboxylic acids is 1. The van der Waals surface area contributed by atoms with E-state index < -0.39 is 22.5 Å². The monoisotopic (exact) mass is 292 g/mol. The highest BCUT2D eigenvalue weighted by atomic mass is 79.9. The van der Waals surface area contributed by atoms with Crippen LogP contribution < -0.4 is 9.83 Å². The Morgan fingerprint density at radius 1 is 1.33 bits per heavy atom. The highest BCUT2D eigenvalue weighted by molar-refractivity contribution is 9.10. The van der Waals surface area contributed by atoms with Gasteiger partial charge in [0.2, 0.25) is 10.0 Å². The van der Waals surface area contributed by atoms with E-state index in [0.717, 1.165) is 4.47 Å². The van der Waals surface area contributed by atoms with Crippen LogP contribution in [0.5, 0.6) is 0 Å². The predicted molar refractivity (Wildman–Crippen MR) is 54.3 cm³/mol. The van der Waals surface area contributed by atoms with E-state index >= 15 is 0 Å². The molecule has 1 N–H and O–H groups in total. The Kier molecular flexibility index (Phi) is 3.83. The molecule has 0 saturated carbocycles. The first-order valence-electron chi connectivity index (χ1n) is 3.87. The normalized spacial score (nSPS) is 11.3. The lowest BCUT2D eigenvalue weighted by Gasteiger charge is -2.06. The molecule has 1 aromatic carbocycles. The third kappa shape index (κ3) is 3.61. The summed E-state index contributed by atoms with van der Waals surface area (Å²) in [6, 6.07) is 5.82. The summed E-state index contributed by atoms with van der Waals surface area (Å²) in [6.07, 6.45) is 0. The molecular formula is C8H7BrNO4S-. The minimum Gasteiger partial charge on any atom is -0.549 e. The molecular weight excluding hydrogens is 286 g/mol. The Hall–Kier alpha value is -0.920. The topological polar surface area (TPSA) is 86.3 Å². The fourth-order valence-electron chi connectivity index (χ4n) is 0.851. The SMILES string of the molecule is O=C([O-])CNS(=O)(=O)c1ccc(Br)cc1. The molecule has 15 heavy (non-hydrogen) atoms. The molecule has 5 nitrogen and oxygen atoms in total. The highest BCUT2D eigenvalue weighted by Crippen LogP contribution is 2.14. The van der Waals surface area contributed by atoms with Gasteiger partial charge in [-0.3, -0.25) is 0 Å². The summed E-state index contributed by atoms with van der Waals surface area (Å²) in [4.78, 5) is 10.1. The third-order valence-corrected chi connectivity index (χ3v) is 3.48. The van der Waals surface area contributed by atoms with E-state index in [-0.39, 0.29) is 4.90 Å². The van der Waals surface area contributed by atoms with Crippen molar-refractivity contribution in [3.05, 3.63) is 28.7 Å². The van der Waals surface area contributed by atoms with E-state index in [1.54, 1.807) is 12.1 Å². The Labute approximate surface area is 95.3 Å². The van der Waals surface area contributed by atoms with Gasteiger partial charge in [-0.15, -0.1) is 0 Å². The molecule has 1 aromatic rings. The predicted octanol–water partition coefficient (Wildman–Crippen LogP) is -0.523. The molecule has 0 fully saturated rings. The highest BCUT2D eigenvalue weighted by Gasteiger charge is 2.12. The van der Waals surface area contributed by atoms with Crippen molar-refractivity contribution in [2.24, 2.45) is 0 Å². The Morgan fingerprint density at radius 2 is 1.87 bits per heavy atom. The number of sulfonamides is 1. The molecule has 0 aliphatic heterocycles. The van der Waals surface area contributed by atoms with E-state index in [0.29, 0.717) is 0 Å². The molecule has 7 heteroatoms. The molecule has 0 aromatic heterocycles. The summed E-state index contributed by atoms with van der Waals surface area (Å²) in [5.74, 6) is -1.48. The van der Waals surface area contributed by atoms with Gasteiger partial charge >= 0.3 is 0 Å². The van der Waals surface area contributed by atoms with Gasteiger partial charge < -0.3 is 9.90 Å². The number of carboxylic acid groups (broad SMARTS) is 1. The summed E-state index contributed by atoms with van der Waals surface area (Å²) in [7, 11) is -3.76. The van der Waals surface area contributed by atoms with Crippen LogP contribution in [0.2, 0.25) is 0 Å². The molecule has 0 spiro atoms. The quantitative estimate of drug-likeness (QED) is 0.809. The molecule has 0 radical (unpaired) electrons. The van der Waals surface area contributed by atoms with Gasteiger partial charge in [-0.1, -0.05) is 15.9 Å².